The van der Waals surface area contributed by atoms with Gasteiger partial charge in [-0.2, -0.15) is 0 Å². The maximum atomic E-state index is 11.5. The Morgan fingerprint density at radius 3 is 2.57 bits per heavy atom. The van der Waals surface area contributed by atoms with Crippen LogP contribution >= 0.6 is 23.2 Å². The van der Waals surface area contributed by atoms with Crippen molar-refractivity contribution < 1.29 is 24.1 Å². The topological polar surface area (TPSA) is 84.0 Å². The number of ether oxygens (including phenoxy) is 3. The van der Waals surface area contributed by atoms with Gasteiger partial charge in [0.25, 0.3) is 0 Å². The number of hydrogen-bond acceptors (Lipinski definition) is 5. The summed E-state index contributed by atoms with van der Waals surface area (Å²) in [5.74, 6) is 0.733. The Hall–Kier alpha value is -3.39. The van der Waals surface area contributed by atoms with Gasteiger partial charge < -0.3 is 29.2 Å². The summed E-state index contributed by atoms with van der Waals surface area (Å²) in [4.78, 5) is 17.0. The number of halogens is 2. The van der Waals surface area contributed by atoms with Crippen molar-refractivity contribution in [3.63, 3.8) is 0 Å². The first-order valence-electron chi connectivity index (χ1n) is 12.1. The van der Waals surface area contributed by atoms with Gasteiger partial charge in [0.05, 0.1) is 30.4 Å². The fourth-order valence-corrected chi connectivity index (χ4v) is 5.05. The fraction of sp³-hybridized carbons (Fsp3) is 0.250. The summed E-state index contributed by atoms with van der Waals surface area (Å²) < 4.78 is 16.5. The van der Waals surface area contributed by atoms with Gasteiger partial charge in [0.15, 0.2) is 0 Å². The molecule has 1 fully saturated rings. The minimum absolute atomic E-state index is 0.222. The van der Waals surface area contributed by atoms with E-state index in [4.69, 9.17) is 37.4 Å². The smallest absolute Gasteiger partial charge is 0.492 e. The number of aromatic amines is 1. The van der Waals surface area contributed by atoms with Gasteiger partial charge in [0.1, 0.15) is 10.8 Å². The number of para-hydroxylation sites is 2. The Kier molecular flexibility index (Phi) is 7.74. The highest BCUT2D eigenvalue weighted by Gasteiger charge is 2.21. The molecule has 37 heavy (non-hydrogen) atoms. The van der Waals surface area contributed by atoms with Gasteiger partial charge in [0.2, 0.25) is 5.88 Å². The van der Waals surface area contributed by atoms with Crippen LogP contribution in [0.2, 0.25) is 10.0 Å². The number of fused-ring (bicyclic) bond motifs is 1. The van der Waals surface area contributed by atoms with E-state index in [1.807, 2.05) is 30.3 Å². The van der Waals surface area contributed by atoms with Crippen LogP contribution in [0.4, 0.5) is 10.5 Å². The van der Waals surface area contributed by atoms with Crippen molar-refractivity contribution in [2.75, 3.05) is 37.8 Å². The standard InChI is InChI=1S/C28H26Cl2N2O5/c29-22-10-4-12-24(25(22)30)36-15-5-9-21-20-8-3-7-19(26(20)31-27(21)37-28(33)34)18-6-1-2-11-23(18)32-13-16-35-17-14-32/h1-4,6-8,10-12,31H,5,9,13-17H2,(H,33,34). The summed E-state index contributed by atoms with van der Waals surface area (Å²) in [5.41, 5.74) is 4.76. The summed E-state index contributed by atoms with van der Waals surface area (Å²) >= 11 is 12.3. The van der Waals surface area contributed by atoms with Crippen LogP contribution in [0.1, 0.15) is 12.0 Å². The molecular formula is C28H26Cl2N2O5. The van der Waals surface area contributed by atoms with Crippen molar-refractivity contribution in [3.05, 3.63) is 76.3 Å². The lowest BCUT2D eigenvalue weighted by Crippen LogP contribution is -2.36. The minimum atomic E-state index is -1.37. The highest BCUT2D eigenvalue weighted by molar-refractivity contribution is 6.42. The van der Waals surface area contributed by atoms with Crippen LogP contribution in [-0.4, -0.2) is 49.2 Å². The Balaban J connectivity index is 1.45. The number of aromatic nitrogens is 1. The third-order valence-electron chi connectivity index (χ3n) is 6.38. The molecule has 1 aliphatic rings. The van der Waals surface area contributed by atoms with Gasteiger partial charge in [0, 0.05) is 40.9 Å². The van der Waals surface area contributed by atoms with E-state index in [2.05, 4.69) is 22.0 Å². The van der Waals surface area contributed by atoms with Crippen LogP contribution in [-0.2, 0) is 11.2 Å². The molecule has 0 unspecified atom stereocenters. The molecule has 0 spiro atoms. The summed E-state index contributed by atoms with van der Waals surface area (Å²) in [7, 11) is 0. The average Bonchev–Trinajstić information content (AvgIpc) is 3.25. The van der Waals surface area contributed by atoms with E-state index in [1.165, 1.54) is 0 Å². The molecule has 1 saturated heterocycles. The molecule has 3 aromatic carbocycles. The second kappa shape index (κ2) is 11.3. The number of carbonyl (C=O) groups is 1. The molecule has 0 amide bonds. The molecule has 0 saturated carbocycles. The predicted octanol–water partition coefficient (Wildman–Crippen LogP) is 7.05. The van der Waals surface area contributed by atoms with Crippen molar-refractivity contribution in [1.82, 2.24) is 4.98 Å². The van der Waals surface area contributed by atoms with Gasteiger partial charge in [-0.25, -0.2) is 4.79 Å². The number of H-pyrrole nitrogens is 1. The van der Waals surface area contributed by atoms with Gasteiger partial charge in [-0.1, -0.05) is 65.7 Å². The zero-order valence-electron chi connectivity index (χ0n) is 20.0. The summed E-state index contributed by atoms with van der Waals surface area (Å²) in [6.07, 6.45) is -0.222. The van der Waals surface area contributed by atoms with Crippen LogP contribution < -0.4 is 14.4 Å². The van der Waals surface area contributed by atoms with E-state index in [-0.39, 0.29) is 5.88 Å². The highest BCUT2D eigenvalue weighted by atomic mass is 35.5. The molecular weight excluding hydrogens is 515 g/mol. The Morgan fingerprint density at radius 1 is 1.00 bits per heavy atom. The second-order valence-corrected chi connectivity index (χ2v) is 9.43. The zero-order valence-corrected chi connectivity index (χ0v) is 21.5. The normalized spacial score (nSPS) is 13.6. The molecule has 0 atom stereocenters. The predicted molar refractivity (Wildman–Crippen MR) is 146 cm³/mol. The maximum absolute atomic E-state index is 11.5. The highest BCUT2D eigenvalue weighted by Crippen LogP contribution is 2.39. The molecule has 5 rings (SSSR count). The first-order valence-corrected chi connectivity index (χ1v) is 12.8. The molecule has 0 radical (unpaired) electrons. The van der Waals surface area contributed by atoms with Crippen molar-refractivity contribution >= 4 is 45.9 Å². The van der Waals surface area contributed by atoms with E-state index in [0.29, 0.717) is 48.5 Å². The third kappa shape index (κ3) is 5.49. The molecule has 2 heterocycles. The monoisotopic (exact) mass is 540 g/mol. The molecule has 2 N–H and O–H groups in total. The Bertz CT molecular complexity index is 1420. The number of benzene rings is 3. The van der Waals surface area contributed by atoms with Crippen molar-refractivity contribution in [3.8, 4) is 22.8 Å². The van der Waals surface area contributed by atoms with Crippen LogP contribution in [0.3, 0.4) is 0 Å². The molecule has 192 valence electrons. The quantitative estimate of drug-likeness (QED) is 0.184. The number of morpholine rings is 1. The SMILES string of the molecule is O=C(O)Oc1[nH]c2c(-c3ccccc3N3CCOCC3)cccc2c1CCCOc1cccc(Cl)c1Cl. The molecule has 9 heteroatoms. The second-order valence-electron chi connectivity index (χ2n) is 8.65. The van der Waals surface area contributed by atoms with E-state index < -0.39 is 6.16 Å². The lowest BCUT2D eigenvalue weighted by molar-refractivity contribution is 0.123. The molecule has 1 aromatic heterocycles. The average molecular weight is 541 g/mol. The molecule has 1 aliphatic heterocycles. The zero-order chi connectivity index (χ0) is 25.8. The van der Waals surface area contributed by atoms with E-state index in [0.717, 1.165) is 46.4 Å². The summed E-state index contributed by atoms with van der Waals surface area (Å²) in [6, 6.07) is 19.5. The number of hydrogen-bond donors (Lipinski definition) is 2. The summed E-state index contributed by atoms with van der Waals surface area (Å²) in [6.45, 7) is 3.37. The van der Waals surface area contributed by atoms with E-state index in [1.54, 1.807) is 18.2 Å². The van der Waals surface area contributed by atoms with Gasteiger partial charge in [-0.05, 0) is 31.0 Å². The molecule has 0 aliphatic carbocycles. The van der Waals surface area contributed by atoms with Gasteiger partial charge in [-0.15, -0.1) is 0 Å². The number of carboxylic acid groups (broad SMARTS) is 1. The lowest BCUT2D eigenvalue weighted by Gasteiger charge is -2.30. The molecule has 4 aromatic rings. The van der Waals surface area contributed by atoms with Crippen molar-refractivity contribution in [1.29, 1.82) is 0 Å². The Morgan fingerprint density at radius 2 is 1.76 bits per heavy atom. The molecule has 7 nitrogen and oxygen atoms in total. The van der Waals surface area contributed by atoms with E-state index in [9.17, 15) is 9.90 Å². The van der Waals surface area contributed by atoms with Crippen molar-refractivity contribution in [2.24, 2.45) is 0 Å². The van der Waals surface area contributed by atoms with Gasteiger partial charge in [-0.3, -0.25) is 0 Å². The van der Waals surface area contributed by atoms with E-state index >= 15 is 0 Å². The third-order valence-corrected chi connectivity index (χ3v) is 7.18. The van der Waals surface area contributed by atoms with Crippen LogP contribution in [0.5, 0.6) is 11.6 Å². The first-order chi connectivity index (χ1) is 18.0. The number of nitrogens with one attached hydrogen (secondary N) is 1. The van der Waals surface area contributed by atoms with Crippen molar-refractivity contribution in [2.45, 2.75) is 12.8 Å². The lowest BCUT2D eigenvalue weighted by atomic mass is 9.98. The number of rotatable bonds is 8. The number of anilines is 1. The minimum Gasteiger partial charge on any atom is -0.492 e. The number of nitrogens with zero attached hydrogens (tertiary/aromatic N) is 1. The molecule has 0 bridgehead atoms. The summed E-state index contributed by atoms with van der Waals surface area (Å²) in [5, 5.41) is 11.1. The van der Waals surface area contributed by atoms with Crippen LogP contribution in [0.15, 0.2) is 60.7 Å². The Labute approximate surface area is 224 Å². The maximum Gasteiger partial charge on any atom is 0.512 e. The largest absolute Gasteiger partial charge is 0.512 e. The van der Waals surface area contributed by atoms with Crippen LogP contribution in [0.25, 0.3) is 22.0 Å². The fourth-order valence-electron chi connectivity index (χ4n) is 4.70. The van der Waals surface area contributed by atoms with Gasteiger partial charge >= 0.3 is 6.16 Å². The van der Waals surface area contributed by atoms with Crippen LogP contribution in [0, 0.1) is 0 Å². The first kappa shape index (κ1) is 25.3. The number of aryl methyl sites for hydroxylation is 1.